The summed E-state index contributed by atoms with van der Waals surface area (Å²) in [7, 11) is 0. The van der Waals surface area contributed by atoms with Crippen LogP contribution in [0.1, 0.15) is 12.5 Å². The molecule has 0 fully saturated rings. The van der Waals surface area contributed by atoms with Gasteiger partial charge in [0.1, 0.15) is 5.75 Å². The summed E-state index contributed by atoms with van der Waals surface area (Å²) in [5.74, 6) is 0.904. The topological polar surface area (TPSA) is 48.1 Å². The molecule has 2 N–H and O–H groups in total. The van der Waals surface area contributed by atoms with E-state index in [1.54, 1.807) is 0 Å². The Hall–Kier alpha value is -1.55. The number of thiazole rings is 1. The van der Waals surface area contributed by atoms with Gasteiger partial charge in [-0.3, -0.25) is 0 Å². The number of aryl methyl sites for hydroxylation is 1. The Bertz CT molecular complexity index is 494. The van der Waals surface area contributed by atoms with E-state index in [0.29, 0.717) is 11.7 Å². The molecule has 0 amide bonds. The maximum absolute atomic E-state index is 5.63. The highest BCUT2D eigenvalue weighted by Gasteiger charge is 2.06. The highest BCUT2D eigenvalue weighted by atomic mass is 32.1. The predicted octanol–water partition coefficient (Wildman–Crippen LogP) is 3.10. The van der Waals surface area contributed by atoms with Crippen LogP contribution < -0.4 is 10.5 Å². The first-order valence-corrected chi connectivity index (χ1v) is 5.97. The summed E-state index contributed by atoms with van der Waals surface area (Å²) in [6.45, 7) is 4.73. The van der Waals surface area contributed by atoms with Gasteiger partial charge < -0.3 is 10.5 Å². The molecule has 84 valence electrons. The molecule has 0 radical (unpaired) electrons. The number of hydrogen-bond acceptors (Lipinski definition) is 4. The van der Waals surface area contributed by atoms with Gasteiger partial charge in [0, 0.05) is 6.20 Å². The van der Waals surface area contributed by atoms with E-state index in [2.05, 4.69) is 11.9 Å². The van der Waals surface area contributed by atoms with E-state index >= 15 is 0 Å². The number of ether oxygens (including phenoxy) is 1. The summed E-state index contributed by atoms with van der Waals surface area (Å²) in [4.78, 5) is 5.15. The normalized spacial score (nSPS) is 10.4. The second-order valence-corrected chi connectivity index (χ2v) is 4.53. The van der Waals surface area contributed by atoms with Gasteiger partial charge in [-0.05, 0) is 43.2 Å². The van der Waals surface area contributed by atoms with Gasteiger partial charge in [-0.2, -0.15) is 0 Å². The third-order valence-electron chi connectivity index (χ3n) is 2.30. The minimum atomic E-state index is 0.600. The lowest BCUT2D eigenvalue weighted by Gasteiger charge is -2.07. The van der Waals surface area contributed by atoms with Crippen LogP contribution in [-0.4, -0.2) is 11.6 Å². The molecular weight excluding hydrogens is 220 g/mol. The third-order valence-corrected chi connectivity index (χ3v) is 3.16. The zero-order valence-corrected chi connectivity index (χ0v) is 10.2. The Kier molecular flexibility index (Phi) is 3.10. The number of rotatable bonds is 3. The standard InChI is InChI=1S/C12H14N2OS/c1-3-15-9-4-5-10(8(2)6-9)11-7-14-12(13)16-11/h4-7H,3H2,1-2H3,(H2,13,14). The van der Waals surface area contributed by atoms with Gasteiger partial charge in [-0.1, -0.05) is 11.3 Å². The maximum Gasteiger partial charge on any atom is 0.180 e. The van der Waals surface area contributed by atoms with Crippen LogP contribution in [0.25, 0.3) is 10.4 Å². The highest BCUT2D eigenvalue weighted by Crippen LogP contribution is 2.31. The number of nitrogen functional groups attached to an aromatic ring is 1. The average molecular weight is 234 g/mol. The van der Waals surface area contributed by atoms with Gasteiger partial charge in [0.2, 0.25) is 0 Å². The molecule has 0 atom stereocenters. The number of aromatic nitrogens is 1. The molecule has 0 aliphatic rings. The third kappa shape index (κ3) is 2.17. The molecule has 0 saturated carbocycles. The summed E-state index contributed by atoms with van der Waals surface area (Å²) in [6.07, 6.45) is 1.81. The highest BCUT2D eigenvalue weighted by molar-refractivity contribution is 7.18. The van der Waals surface area contributed by atoms with Crippen molar-refractivity contribution < 1.29 is 4.74 Å². The summed E-state index contributed by atoms with van der Waals surface area (Å²) in [6, 6.07) is 6.06. The lowest BCUT2D eigenvalue weighted by molar-refractivity contribution is 0.340. The maximum atomic E-state index is 5.63. The second-order valence-electron chi connectivity index (χ2n) is 3.47. The van der Waals surface area contributed by atoms with Crippen molar-refractivity contribution >= 4 is 16.5 Å². The zero-order valence-electron chi connectivity index (χ0n) is 9.36. The van der Waals surface area contributed by atoms with E-state index in [-0.39, 0.29) is 0 Å². The fourth-order valence-corrected chi connectivity index (χ4v) is 2.36. The number of hydrogen-bond donors (Lipinski definition) is 1. The Balaban J connectivity index is 2.36. The van der Waals surface area contributed by atoms with Crippen molar-refractivity contribution in [3.63, 3.8) is 0 Å². The SMILES string of the molecule is CCOc1ccc(-c2cnc(N)s2)c(C)c1. The van der Waals surface area contributed by atoms with Crippen molar-refractivity contribution in [1.82, 2.24) is 4.98 Å². The monoisotopic (exact) mass is 234 g/mol. The van der Waals surface area contributed by atoms with Gasteiger partial charge in [0.05, 0.1) is 11.5 Å². The molecule has 2 aromatic rings. The van der Waals surface area contributed by atoms with Crippen LogP contribution in [0.2, 0.25) is 0 Å². The van der Waals surface area contributed by atoms with Crippen molar-refractivity contribution in [3.8, 4) is 16.2 Å². The molecule has 1 heterocycles. The van der Waals surface area contributed by atoms with E-state index in [0.717, 1.165) is 16.2 Å². The quantitative estimate of drug-likeness (QED) is 0.887. The van der Waals surface area contributed by atoms with E-state index < -0.39 is 0 Å². The smallest absolute Gasteiger partial charge is 0.180 e. The fourth-order valence-electron chi connectivity index (χ4n) is 1.58. The molecule has 3 nitrogen and oxygen atoms in total. The van der Waals surface area contributed by atoms with Crippen LogP contribution in [0.15, 0.2) is 24.4 Å². The van der Waals surface area contributed by atoms with Crippen molar-refractivity contribution in [3.05, 3.63) is 30.0 Å². The molecule has 16 heavy (non-hydrogen) atoms. The van der Waals surface area contributed by atoms with E-state index in [1.165, 1.54) is 16.9 Å². The van der Waals surface area contributed by atoms with Crippen LogP contribution in [0.4, 0.5) is 5.13 Å². The second kappa shape index (κ2) is 4.53. The summed E-state index contributed by atoms with van der Waals surface area (Å²) < 4.78 is 5.45. The van der Waals surface area contributed by atoms with Gasteiger partial charge in [0.25, 0.3) is 0 Å². The Morgan fingerprint density at radius 2 is 2.25 bits per heavy atom. The Labute approximate surface area is 98.9 Å². The van der Waals surface area contributed by atoms with Gasteiger partial charge in [-0.15, -0.1) is 0 Å². The Morgan fingerprint density at radius 3 is 2.81 bits per heavy atom. The summed E-state index contributed by atoms with van der Waals surface area (Å²) >= 11 is 1.50. The van der Waals surface area contributed by atoms with Gasteiger partial charge >= 0.3 is 0 Å². The molecule has 1 aromatic heterocycles. The molecule has 2 rings (SSSR count). The van der Waals surface area contributed by atoms with Gasteiger partial charge in [0.15, 0.2) is 5.13 Å². The molecule has 0 spiro atoms. The molecule has 0 bridgehead atoms. The summed E-state index contributed by atoms with van der Waals surface area (Å²) in [5.41, 5.74) is 7.97. The predicted molar refractivity (Wildman–Crippen MR) is 67.9 cm³/mol. The average Bonchev–Trinajstić information content (AvgIpc) is 2.65. The number of anilines is 1. The van der Waals surface area contributed by atoms with Crippen LogP contribution in [-0.2, 0) is 0 Å². The molecule has 0 aliphatic heterocycles. The lowest BCUT2D eigenvalue weighted by Crippen LogP contribution is -1.92. The first-order valence-electron chi connectivity index (χ1n) is 5.16. The van der Waals surface area contributed by atoms with Crippen LogP contribution in [0.3, 0.4) is 0 Å². The van der Waals surface area contributed by atoms with Crippen molar-refractivity contribution in [2.75, 3.05) is 12.3 Å². The van der Waals surface area contributed by atoms with E-state index in [1.807, 2.05) is 31.3 Å². The van der Waals surface area contributed by atoms with Crippen molar-refractivity contribution in [1.29, 1.82) is 0 Å². The zero-order chi connectivity index (χ0) is 11.5. The summed E-state index contributed by atoms with van der Waals surface area (Å²) in [5, 5.41) is 0.600. The molecule has 0 unspecified atom stereocenters. The first kappa shape index (κ1) is 11.0. The molecular formula is C12H14N2OS. The van der Waals surface area contributed by atoms with Gasteiger partial charge in [-0.25, -0.2) is 4.98 Å². The van der Waals surface area contributed by atoms with E-state index in [4.69, 9.17) is 10.5 Å². The molecule has 0 saturated heterocycles. The number of benzene rings is 1. The fraction of sp³-hybridized carbons (Fsp3) is 0.250. The first-order chi connectivity index (χ1) is 7.70. The molecule has 1 aromatic carbocycles. The lowest BCUT2D eigenvalue weighted by atomic mass is 10.1. The molecule has 0 aliphatic carbocycles. The van der Waals surface area contributed by atoms with Crippen LogP contribution in [0.5, 0.6) is 5.75 Å². The minimum absolute atomic E-state index is 0.600. The number of nitrogens with two attached hydrogens (primary N) is 1. The van der Waals surface area contributed by atoms with E-state index in [9.17, 15) is 0 Å². The van der Waals surface area contributed by atoms with Crippen LogP contribution >= 0.6 is 11.3 Å². The number of nitrogens with zero attached hydrogens (tertiary/aromatic N) is 1. The van der Waals surface area contributed by atoms with Crippen molar-refractivity contribution in [2.24, 2.45) is 0 Å². The van der Waals surface area contributed by atoms with Crippen LogP contribution in [0, 0.1) is 6.92 Å². The minimum Gasteiger partial charge on any atom is -0.494 e. The Morgan fingerprint density at radius 1 is 1.44 bits per heavy atom. The largest absolute Gasteiger partial charge is 0.494 e. The van der Waals surface area contributed by atoms with Crippen molar-refractivity contribution in [2.45, 2.75) is 13.8 Å². The molecule has 4 heteroatoms.